The van der Waals surface area contributed by atoms with E-state index in [2.05, 4.69) is 84.5 Å². The van der Waals surface area contributed by atoms with Gasteiger partial charge in [0.15, 0.2) is 17.2 Å². The molecule has 6 rings (SSSR count). The van der Waals surface area contributed by atoms with E-state index < -0.39 is 35.1 Å². The average Bonchev–Trinajstić information content (AvgIpc) is 3.94. The first kappa shape index (κ1) is 45.6. The molecule has 0 aromatic rings. The van der Waals surface area contributed by atoms with E-state index in [-0.39, 0.29) is 48.5 Å². The van der Waals surface area contributed by atoms with E-state index >= 15 is 14.4 Å². The molecule has 59 heavy (non-hydrogen) atoms. The summed E-state index contributed by atoms with van der Waals surface area (Å²) in [6.07, 6.45) is 18.6. The molecular weight excluding hydrogens is 747 g/mol. The summed E-state index contributed by atoms with van der Waals surface area (Å²) in [5.74, 6) is -0.455. The van der Waals surface area contributed by atoms with Crippen LogP contribution < -0.4 is 37.3 Å². The predicted molar refractivity (Wildman–Crippen MR) is 226 cm³/mol. The van der Waals surface area contributed by atoms with Gasteiger partial charge in [-0.2, -0.15) is 0 Å². The number of piperidine rings is 1. The number of guanidine groups is 1. The number of aliphatic hydroxyl groups excluding tert-OH is 1. The maximum absolute atomic E-state index is 15.2. The van der Waals surface area contributed by atoms with Gasteiger partial charge in [0.1, 0.15) is 25.0 Å². The number of ketones is 2. The van der Waals surface area contributed by atoms with Gasteiger partial charge >= 0.3 is 11.9 Å². The Hall–Kier alpha value is -2.94. The molecule has 13 nitrogen and oxygen atoms in total. The van der Waals surface area contributed by atoms with E-state index in [1.807, 2.05) is 13.1 Å². The van der Waals surface area contributed by atoms with Crippen molar-refractivity contribution in [1.82, 2.24) is 10.6 Å². The molecule has 13 heteroatoms. The summed E-state index contributed by atoms with van der Waals surface area (Å²) in [7, 11) is 3.87. The normalized spacial score (nSPS) is 35.6. The van der Waals surface area contributed by atoms with Crippen LogP contribution in [0.5, 0.6) is 0 Å². The van der Waals surface area contributed by atoms with Gasteiger partial charge in [0.05, 0.1) is 39.1 Å². The molecule has 4 fully saturated rings. The molecule has 12 atom stereocenters. The minimum Gasteiger partial charge on any atom is -0.459 e. The minimum atomic E-state index is -1.96. The van der Waals surface area contributed by atoms with Crippen LogP contribution in [0, 0.1) is 41.4 Å². The minimum absolute atomic E-state index is 0.00137. The Morgan fingerprint density at radius 1 is 1.20 bits per heavy atom. The number of nitrogens with two attached hydrogens (primary N) is 4. The van der Waals surface area contributed by atoms with Gasteiger partial charge in [-0.1, -0.05) is 44.1 Å². The standard InChI is InChI=1S/C46H75N7O6/c1-7-50-37-25-31-13-9-8-12-30(31)24-35(37)38(16-11-21-54)58-43(57)46-42(56)40-33(22-28(2)3)14-10-15-34(40)41(55)45(46,59-46)19-17-29(4)23-36(53-44(47)49-6)32-18-20-51-39(26-32)52-27-48-5/h9,13,17,25,28,30,32-40,48,50-52,54H,7-8,10-12,14-16,18-24,26-27H2,1-6H3,(H3,47,49,53)/p+4/t30-,32?,33?,34?,35+,36+,37+,38-,39?,40?,45-,46-/m0/s1. The number of Topliss-reactive ketones (excluding diaryl/α,β-unsaturated/α-hetero) is 2. The van der Waals surface area contributed by atoms with Crippen LogP contribution in [0.3, 0.4) is 0 Å². The Bertz CT molecular complexity index is 1610. The summed E-state index contributed by atoms with van der Waals surface area (Å²) in [5, 5.41) is 24.0. The quantitative estimate of drug-likeness (QED) is 0.0153. The van der Waals surface area contributed by atoms with Crippen molar-refractivity contribution in [3.05, 3.63) is 35.5 Å². The zero-order valence-corrected chi connectivity index (χ0v) is 37.0. The van der Waals surface area contributed by atoms with Gasteiger partial charge in [0, 0.05) is 50.0 Å². The highest BCUT2D eigenvalue weighted by Crippen LogP contribution is 2.63. The van der Waals surface area contributed by atoms with E-state index in [0.29, 0.717) is 55.6 Å². The Morgan fingerprint density at radius 3 is 2.75 bits per heavy atom. The molecule has 2 saturated carbocycles. The van der Waals surface area contributed by atoms with E-state index in [1.165, 1.54) is 5.57 Å². The number of epoxide rings is 1. The van der Waals surface area contributed by atoms with Gasteiger partial charge in [0.25, 0.3) is 5.60 Å². The number of likely N-dealkylation sites (N-methyl/N-ethyl adjacent to an activating group) is 1. The van der Waals surface area contributed by atoms with Gasteiger partial charge in [-0.3, -0.25) is 25.6 Å². The number of esters is 1. The van der Waals surface area contributed by atoms with Gasteiger partial charge in [-0.05, 0) is 94.6 Å². The molecule has 0 radical (unpaired) electrons. The number of ether oxygens (including phenoxy) is 2. The fraction of sp³-hybridized carbons (Fsp3) is 0.783. The SMILES string of the molecule is CC[NH2+][C@@H]1C=C2C=CCC[C@H]2C[C@H]1[C@H](CCCO)OC(=O)[C@]12O[C@@]1(CC=C(C)C[C@@H](NC(N)=[NH+]C)C1CC[NH2+]C(NC[NH2+]C)C1)C(=O)C1CCCC(CC(C)C)C1C2=O. The fourth-order valence-corrected chi connectivity index (χ4v) is 11.8. The summed E-state index contributed by atoms with van der Waals surface area (Å²) in [5.41, 5.74) is 5.18. The lowest BCUT2D eigenvalue weighted by Crippen LogP contribution is -2.98. The predicted octanol–water partition coefficient (Wildman–Crippen LogP) is -0.977. The molecule has 0 bridgehead atoms. The lowest BCUT2D eigenvalue weighted by Gasteiger charge is -2.43. The highest BCUT2D eigenvalue weighted by molar-refractivity contribution is 6.23. The van der Waals surface area contributed by atoms with E-state index in [1.54, 1.807) is 0 Å². The second-order valence-corrected chi connectivity index (χ2v) is 19.2. The Balaban J connectivity index is 1.30. The molecule has 5 unspecified atom stereocenters. The molecule has 2 aliphatic heterocycles. The Labute approximate surface area is 353 Å². The lowest BCUT2D eigenvalue weighted by atomic mass is 9.57. The molecule has 0 amide bonds. The van der Waals surface area contributed by atoms with Gasteiger partial charge in [-0.15, -0.1) is 0 Å². The van der Waals surface area contributed by atoms with Crippen LogP contribution in [0.25, 0.3) is 0 Å². The summed E-state index contributed by atoms with van der Waals surface area (Å²) >= 11 is 0. The lowest BCUT2D eigenvalue weighted by molar-refractivity contribution is -0.717. The number of quaternary nitrogens is 3. The van der Waals surface area contributed by atoms with Crippen molar-refractivity contribution in [2.45, 2.75) is 147 Å². The van der Waals surface area contributed by atoms with Crippen molar-refractivity contribution < 1.29 is 49.9 Å². The number of nitrogens with one attached hydrogen (secondary N) is 3. The Kier molecular flexibility index (Phi) is 15.7. The van der Waals surface area contributed by atoms with Crippen LogP contribution in [0.1, 0.15) is 111 Å². The summed E-state index contributed by atoms with van der Waals surface area (Å²) < 4.78 is 13.2. The average molecular weight is 826 g/mol. The van der Waals surface area contributed by atoms with Crippen molar-refractivity contribution in [2.24, 2.45) is 47.2 Å². The number of allylic oxidation sites excluding steroid dienone is 3. The van der Waals surface area contributed by atoms with Crippen LogP contribution >= 0.6 is 0 Å². The maximum atomic E-state index is 15.2. The first-order valence-electron chi connectivity index (χ1n) is 23.3. The molecule has 2 heterocycles. The number of aliphatic hydroxyl groups is 1. The largest absolute Gasteiger partial charge is 0.459 e. The second-order valence-electron chi connectivity index (χ2n) is 19.2. The first-order valence-corrected chi connectivity index (χ1v) is 23.3. The van der Waals surface area contributed by atoms with E-state index in [9.17, 15) is 5.11 Å². The molecule has 0 aromatic heterocycles. The Morgan fingerprint density at radius 2 is 2.02 bits per heavy atom. The molecule has 330 valence electrons. The third kappa shape index (κ3) is 9.75. The number of carbonyl (C=O) groups excluding carboxylic acids is 3. The van der Waals surface area contributed by atoms with Crippen LogP contribution in [-0.2, 0) is 23.9 Å². The van der Waals surface area contributed by atoms with Crippen LogP contribution in [-0.4, -0.2) is 105 Å². The molecule has 0 aromatic carbocycles. The number of fused-ring (bicyclic) bond motifs is 3. The number of hydrogen-bond acceptors (Lipinski definition) is 7. The highest BCUT2D eigenvalue weighted by Gasteiger charge is 2.87. The second kappa shape index (κ2) is 20.3. The number of hydrogen-bond donors (Lipinski definition) is 8. The molecule has 4 aliphatic carbocycles. The molecule has 2 saturated heterocycles. The highest BCUT2D eigenvalue weighted by atomic mass is 16.7. The summed E-state index contributed by atoms with van der Waals surface area (Å²) in [6.45, 7) is 11.2. The van der Waals surface area contributed by atoms with Crippen LogP contribution in [0.4, 0.5) is 0 Å². The van der Waals surface area contributed by atoms with E-state index in [0.717, 1.165) is 76.7 Å². The smallest absolute Gasteiger partial charge is 0.350 e. The van der Waals surface area contributed by atoms with Gasteiger partial charge in [0.2, 0.25) is 0 Å². The van der Waals surface area contributed by atoms with Crippen molar-refractivity contribution in [2.75, 3.05) is 40.5 Å². The number of carbonyl (C=O) groups is 3. The third-order valence-electron chi connectivity index (χ3n) is 14.7. The van der Waals surface area contributed by atoms with Crippen molar-refractivity contribution in [3.63, 3.8) is 0 Å². The molecule has 12 N–H and O–H groups in total. The molecule has 0 spiro atoms. The topological polar surface area (TPSA) is 207 Å². The third-order valence-corrected chi connectivity index (χ3v) is 14.7. The summed E-state index contributed by atoms with van der Waals surface area (Å²) in [4.78, 5) is 48.4. The fourth-order valence-electron chi connectivity index (χ4n) is 11.8. The number of rotatable bonds is 19. The van der Waals surface area contributed by atoms with Crippen molar-refractivity contribution in [3.8, 4) is 0 Å². The monoisotopic (exact) mass is 826 g/mol. The van der Waals surface area contributed by atoms with Crippen molar-refractivity contribution >= 4 is 23.5 Å². The van der Waals surface area contributed by atoms with Crippen molar-refractivity contribution in [1.29, 1.82) is 0 Å². The van der Waals surface area contributed by atoms with Crippen LogP contribution in [0.2, 0.25) is 0 Å². The zero-order valence-electron chi connectivity index (χ0n) is 37.0. The zero-order chi connectivity index (χ0) is 42.3. The van der Waals surface area contributed by atoms with Gasteiger partial charge < -0.3 is 30.5 Å². The molecular formula is C46H79N7O6+4. The van der Waals surface area contributed by atoms with Gasteiger partial charge in [-0.25, -0.2) is 10.1 Å². The van der Waals surface area contributed by atoms with Crippen LogP contribution in [0.15, 0.2) is 35.5 Å². The van der Waals surface area contributed by atoms with E-state index in [4.69, 9.17) is 15.2 Å². The molecule has 6 aliphatic rings. The first-order chi connectivity index (χ1) is 28.4. The summed E-state index contributed by atoms with van der Waals surface area (Å²) in [6, 6.07) is 0.136. The maximum Gasteiger partial charge on any atom is 0.350 e.